The van der Waals surface area contributed by atoms with Crippen molar-refractivity contribution in [2.45, 2.75) is 71.1 Å². The summed E-state index contributed by atoms with van der Waals surface area (Å²) in [7, 11) is 0. The lowest BCUT2D eigenvalue weighted by molar-refractivity contribution is -0.0275. The fourth-order valence-electron chi connectivity index (χ4n) is 3.92. The van der Waals surface area contributed by atoms with Crippen LogP contribution in [0.2, 0.25) is 0 Å². The first kappa shape index (κ1) is 45.1. The molecule has 0 aromatic rings. The summed E-state index contributed by atoms with van der Waals surface area (Å²) in [4.78, 5) is 0. The van der Waals surface area contributed by atoms with Crippen molar-refractivity contribution in [2.75, 3.05) is 145 Å². The van der Waals surface area contributed by atoms with Crippen molar-refractivity contribution >= 4 is 0 Å². The maximum Gasteiger partial charge on any atom is 0.0701 e. The molecule has 11 heteroatoms. The Balaban J connectivity index is 3.03. The van der Waals surface area contributed by atoms with Gasteiger partial charge in [0.05, 0.1) is 132 Å². The van der Waals surface area contributed by atoms with E-state index in [0.29, 0.717) is 139 Å². The van der Waals surface area contributed by atoms with Crippen molar-refractivity contribution < 1.29 is 52.1 Å². The first-order valence-corrected chi connectivity index (χ1v) is 17.7. The lowest BCUT2D eigenvalue weighted by atomic mass is 10.1. The van der Waals surface area contributed by atoms with Crippen molar-refractivity contribution in [3.05, 3.63) is 0 Å². The molecule has 0 rings (SSSR count). The molecule has 0 N–H and O–H groups in total. The molecule has 0 aliphatic carbocycles. The summed E-state index contributed by atoms with van der Waals surface area (Å²) in [6.07, 6.45) is 17.4. The number of hydrogen-bond acceptors (Lipinski definition) is 11. The second-order valence-corrected chi connectivity index (χ2v) is 10.5. The zero-order valence-corrected chi connectivity index (χ0v) is 29.2. The summed E-state index contributed by atoms with van der Waals surface area (Å²) in [5, 5.41) is 0. The van der Waals surface area contributed by atoms with Gasteiger partial charge in [0, 0.05) is 19.6 Å². The molecular formula is C35H68O11. The summed E-state index contributed by atoms with van der Waals surface area (Å²) in [6.45, 7) is 14.7. The molecule has 0 aromatic heterocycles. The lowest BCUT2D eigenvalue weighted by Crippen LogP contribution is -2.15. The predicted octanol–water partition coefficient (Wildman–Crippen LogP) is 4.72. The van der Waals surface area contributed by atoms with Crippen LogP contribution in [-0.4, -0.2) is 145 Å². The Labute approximate surface area is 280 Å². The van der Waals surface area contributed by atoms with Crippen LogP contribution in [-0.2, 0) is 52.1 Å². The van der Waals surface area contributed by atoms with Gasteiger partial charge in [-0.25, -0.2) is 0 Å². The van der Waals surface area contributed by atoms with Crippen LogP contribution in [0, 0.1) is 12.3 Å². The zero-order chi connectivity index (χ0) is 33.1. The quantitative estimate of drug-likeness (QED) is 0.0669. The Kier molecular flexibility index (Phi) is 43.3. The average molecular weight is 665 g/mol. The highest BCUT2D eigenvalue weighted by atomic mass is 16.6. The largest absolute Gasteiger partial charge is 0.379 e. The van der Waals surface area contributed by atoms with Gasteiger partial charge in [-0.2, -0.15) is 0 Å². The van der Waals surface area contributed by atoms with Gasteiger partial charge < -0.3 is 52.1 Å². The second-order valence-electron chi connectivity index (χ2n) is 10.5. The molecule has 0 radical (unpaired) electrons. The Morgan fingerprint density at radius 3 is 0.761 bits per heavy atom. The van der Waals surface area contributed by atoms with E-state index in [1.54, 1.807) is 0 Å². The molecule has 46 heavy (non-hydrogen) atoms. The molecule has 0 unspecified atom stereocenters. The van der Waals surface area contributed by atoms with Crippen LogP contribution in [0.15, 0.2) is 0 Å². The van der Waals surface area contributed by atoms with E-state index >= 15 is 0 Å². The van der Waals surface area contributed by atoms with Crippen molar-refractivity contribution in [1.29, 1.82) is 0 Å². The minimum Gasteiger partial charge on any atom is -0.379 e. The molecule has 0 bridgehead atoms. The Morgan fingerprint density at radius 2 is 0.500 bits per heavy atom. The fraction of sp³-hybridized carbons (Fsp3) is 0.943. The molecule has 0 saturated heterocycles. The summed E-state index contributed by atoms with van der Waals surface area (Å²) in [6, 6.07) is 0. The fourth-order valence-corrected chi connectivity index (χ4v) is 3.92. The average Bonchev–Trinajstić information content (AvgIpc) is 3.07. The molecule has 0 aliphatic rings. The first-order valence-electron chi connectivity index (χ1n) is 17.7. The minimum absolute atomic E-state index is 0.520. The van der Waals surface area contributed by atoms with Gasteiger partial charge in [0.15, 0.2) is 0 Å². The third kappa shape index (κ3) is 43.1. The molecule has 0 aliphatic heterocycles. The van der Waals surface area contributed by atoms with Gasteiger partial charge >= 0.3 is 0 Å². The van der Waals surface area contributed by atoms with E-state index in [9.17, 15) is 0 Å². The number of ether oxygens (including phenoxy) is 11. The lowest BCUT2D eigenvalue weighted by Gasteiger charge is -2.09. The molecule has 11 nitrogen and oxygen atoms in total. The number of unbranched alkanes of at least 4 members (excludes halogenated alkanes) is 8. The molecule has 0 amide bonds. The van der Waals surface area contributed by atoms with Gasteiger partial charge in [-0.1, -0.05) is 51.9 Å². The molecule has 0 spiro atoms. The Morgan fingerprint density at radius 1 is 0.283 bits per heavy atom. The Bertz CT molecular complexity index is 577. The zero-order valence-electron chi connectivity index (χ0n) is 29.2. The third-order valence-corrected chi connectivity index (χ3v) is 6.47. The van der Waals surface area contributed by atoms with Gasteiger partial charge in [-0.3, -0.25) is 0 Å². The van der Waals surface area contributed by atoms with E-state index in [0.717, 1.165) is 25.9 Å². The molecule has 0 fully saturated rings. The van der Waals surface area contributed by atoms with E-state index in [1.165, 1.54) is 44.9 Å². The molecule has 0 atom stereocenters. The summed E-state index contributed by atoms with van der Waals surface area (Å²) < 4.78 is 60.4. The van der Waals surface area contributed by atoms with E-state index in [4.69, 9.17) is 58.5 Å². The van der Waals surface area contributed by atoms with E-state index in [-0.39, 0.29) is 0 Å². The third-order valence-electron chi connectivity index (χ3n) is 6.47. The van der Waals surface area contributed by atoms with Crippen molar-refractivity contribution in [3.8, 4) is 12.3 Å². The molecule has 0 aromatic carbocycles. The van der Waals surface area contributed by atoms with Crippen LogP contribution in [0.4, 0.5) is 0 Å². The van der Waals surface area contributed by atoms with Crippen LogP contribution < -0.4 is 0 Å². The monoisotopic (exact) mass is 664 g/mol. The topological polar surface area (TPSA) is 102 Å². The maximum absolute atomic E-state index is 5.62. The molecular weight excluding hydrogens is 596 g/mol. The van der Waals surface area contributed by atoms with Crippen LogP contribution in [0.1, 0.15) is 71.1 Å². The van der Waals surface area contributed by atoms with Gasteiger partial charge in [-0.05, 0) is 12.8 Å². The summed E-state index contributed by atoms with van der Waals surface area (Å²) in [5.74, 6) is 2.59. The smallest absolute Gasteiger partial charge is 0.0701 e. The maximum atomic E-state index is 5.62. The summed E-state index contributed by atoms with van der Waals surface area (Å²) in [5.41, 5.74) is 0. The highest BCUT2D eigenvalue weighted by Gasteiger charge is 1.97. The molecule has 0 heterocycles. The van der Waals surface area contributed by atoms with Gasteiger partial charge in [-0.15, -0.1) is 12.3 Å². The predicted molar refractivity (Wildman–Crippen MR) is 180 cm³/mol. The van der Waals surface area contributed by atoms with Crippen LogP contribution in [0.25, 0.3) is 0 Å². The van der Waals surface area contributed by atoms with Gasteiger partial charge in [0.25, 0.3) is 0 Å². The number of terminal acetylenes is 1. The van der Waals surface area contributed by atoms with Crippen molar-refractivity contribution in [1.82, 2.24) is 0 Å². The van der Waals surface area contributed by atoms with E-state index < -0.39 is 0 Å². The van der Waals surface area contributed by atoms with Gasteiger partial charge in [0.2, 0.25) is 0 Å². The van der Waals surface area contributed by atoms with Crippen LogP contribution in [0.5, 0.6) is 0 Å². The van der Waals surface area contributed by atoms with Crippen molar-refractivity contribution in [3.63, 3.8) is 0 Å². The van der Waals surface area contributed by atoms with Crippen LogP contribution >= 0.6 is 0 Å². The minimum atomic E-state index is 0.520. The Hall–Kier alpha value is -0.880. The van der Waals surface area contributed by atoms with Crippen molar-refractivity contribution in [2.24, 2.45) is 0 Å². The number of hydrogen-bond donors (Lipinski definition) is 0. The van der Waals surface area contributed by atoms with Gasteiger partial charge in [0.1, 0.15) is 0 Å². The standard InChI is InChI=1S/C35H68O11/c1-3-5-7-8-9-10-11-13-15-37-17-19-39-21-23-41-25-27-43-29-31-45-33-35-46-34-32-44-30-28-42-26-24-40-22-20-38-18-16-36-14-12-6-4-2/h2H,3,5-35H2,1H3. The molecule has 0 saturated carbocycles. The highest BCUT2D eigenvalue weighted by Crippen LogP contribution is 2.08. The number of rotatable bonds is 42. The second kappa shape index (κ2) is 44.1. The normalized spacial score (nSPS) is 11.4. The first-order chi connectivity index (χ1) is 22.9. The molecule has 274 valence electrons. The van der Waals surface area contributed by atoms with E-state index in [2.05, 4.69) is 12.8 Å². The van der Waals surface area contributed by atoms with Crippen LogP contribution in [0.3, 0.4) is 0 Å². The summed E-state index contributed by atoms with van der Waals surface area (Å²) >= 11 is 0. The SMILES string of the molecule is C#CCCCOCCOCCOCCOCCOCCOCCOCCOCCOCCOCCOCCCCCCCCCC. The van der Waals surface area contributed by atoms with E-state index in [1.807, 2.05) is 0 Å². The highest BCUT2D eigenvalue weighted by molar-refractivity contribution is 4.82.